The first-order chi connectivity index (χ1) is 9.88. The molecule has 0 aliphatic carbocycles. The van der Waals surface area contributed by atoms with Gasteiger partial charge in [0.15, 0.2) is 0 Å². The van der Waals surface area contributed by atoms with Crippen LogP contribution in [-0.2, 0) is 16.4 Å². The molecule has 1 heterocycles. The van der Waals surface area contributed by atoms with E-state index in [-0.39, 0.29) is 22.6 Å². The Bertz CT molecular complexity index is 734. The molecule has 1 N–H and O–H groups in total. The lowest BCUT2D eigenvalue weighted by Gasteiger charge is -2.13. The molecule has 0 atom stereocenters. The Balaban J connectivity index is 2.38. The number of aromatic nitrogens is 3. The first-order valence-corrected chi connectivity index (χ1v) is 8.18. The molecule has 0 radical (unpaired) electrons. The molecule has 0 bridgehead atoms. The maximum absolute atomic E-state index is 12.3. The Hall–Kier alpha value is -1.57. The van der Waals surface area contributed by atoms with Gasteiger partial charge in [0.2, 0.25) is 15.3 Å². The van der Waals surface area contributed by atoms with Crippen molar-refractivity contribution in [2.24, 2.45) is 0 Å². The Kier molecular flexibility index (Phi) is 4.87. The standard InChI is InChI=1S/C13H15ClN4O2S/c1-9(2)18-21(19,20)11-6-4-3-5-10(11)7-12-15-8-16-13(14)17-12/h3-6,8-9,18H,7H2,1-2H3. The number of benzene rings is 1. The van der Waals surface area contributed by atoms with Crippen molar-refractivity contribution in [2.75, 3.05) is 0 Å². The Labute approximate surface area is 128 Å². The number of hydrogen-bond acceptors (Lipinski definition) is 5. The highest BCUT2D eigenvalue weighted by Crippen LogP contribution is 2.18. The van der Waals surface area contributed by atoms with Crippen LogP contribution in [0.15, 0.2) is 35.5 Å². The molecule has 21 heavy (non-hydrogen) atoms. The molecule has 0 aliphatic rings. The van der Waals surface area contributed by atoms with Crippen molar-refractivity contribution >= 4 is 21.6 Å². The first kappa shape index (κ1) is 15.8. The second-order valence-corrected chi connectivity index (χ2v) is 6.75. The molecule has 0 saturated carbocycles. The van der Waals surface area contributed by atoms with Crippen molar-refractivity contribution in [3.8, 4) is 0 Å². The van der Waals surface area contributed by atoms with Crippen LogP contribution in [-0.4, -0.2) is 29.4 Å². The second kappa shape index (κ2) is 6.46. The maximum Gasteiger partial charge on any atom is 0.241 e. The number of hydrogen-bond donors (Lipinski definition) is 1. The van der Waals surface area contributed by atoms with E-state index in [1.807, 2.05) is 0 Å². The number of nitrogens with zero attached hydrogens (tertiary/aromatic N) is 3. The molecule has 0 fully saturated rings. The van der Waals surface area contributed by atoms with E-state index in [0.29, 0.717) is 11.4 Å². The number of rotatable bonds is 5. The summed E-state index contributed by atoms with van der Waals surface area (Å²) < 4.78 is 27.2. The third-order valence-electron chi connectivity index (χ3n) is 2.59. The average molecular weight is 327 g/mol. The maximum atomic E-state index is 12.3. The zero-order valence-corrected chi connectivity index (χ0v) is 13.2. The summed E-state index contributed by atoms with van der Waals surface area (Å²) in [6.07, 6.45) is 1.56. The predicted octanol–water partition coefficient (Wildman–Crippen LogP) is 1.80. The van der Waals surface area contributed by atoms with Crippen molar-refractivity contribution < 1.29 is 8.42 Å². The van der Waals surface area contributed by atoms with E-state index in [0.717, 1.165) is 0 Å². The molecule has 0 amide bonds. The van der Waals surface area contributed by atoms with E-state index in [2.05, 4.69) is 19.7 Å². The highest BCUT2D eigenvalue weighted by molar-refractivity contribution is 7.89. The van der Waals surface area contributed by atoms with Gasteiger partial charge >= 0.3 is 0 Å². The van der Waals surface area contributed by atoms with E-state index in [1.165, 1.54) is 6.33 Å². The Morgan fingerprint density at radius 2 is 1.95 bits per heavy atom. The predicted molar refractivity (Wildman–Crippen MR) is 79.5 cm³/mol. The minimum absolute atomic E-state index is 0.0839. The Morgan fingerprint density at radius 1 is 1.24 bits per heavy atom. The summed E-state index contributed by atoms with van der Waals surface area (Å²) in [6, 6.07) is 6.55. The molecular weight excluding hydrogens is 312 g/mol. The summed E-state index contributed by atoms with van der Waals surface area (Å²) in [7, 11) is -3.57. The molecule has 1 aromatic heterocycles. The molecule has 1 aromatic carbocycles. The lowest BCUT2D eigenvalue weighted by atomic mass is 10.1. The first-order valence-electron chi connectivity index (χ1n) is 6.32. The van der Waals surface area contributed by atoms with E-state index in [4.69, 9.17) is 11.6 Å². The van der Waals surface area contributed by atoms with E-state index < -0.39 is 10.0 Å². The molecule has 2 rings (SSSR count). The van der Waals surface area contributed by atoms with Crippen molar-refractivity contribution in [3.63, 3.8) is 0 Å². The highest BCUT2D eigenvalue weighted by Gasteiger charge is 2.19. The van der Waals surface area contributed by atoms with Crippen LogP contribution in [0.2, 0.25) is 5.28 Å². The number of halogens is 1. The van der Waals surface area contributed by atoms with Crippen molar-refractivity contribution in [1.82, 2.24) is 19.7 Å². The van der Waals surface area contributed by atoms with Gasteiger partial charge in [0.25, 0.3) is 0 Å². The van der Waals surface area contributed by atoms with Crippen LogP contribution in [0.3, 0.4) is 0 Å². The molecule has 6 nitrogen and oxygen atoms in total. The second-order valence-electron chi connectivity index (χ2n) is 4.73. The van der Waals surface area contributed by atoms with Gasteiger partial charge in [0.1, 0.15) is 12.2 Å². The van der Waals surface area contributed by atoms with Crippen LogP contribution >= 0.6 is 11.6 Å². The largest absolute Gasteiger partial charge is 0.241 e. The summed E-state index contributed by atoms with van der Waals surface area (Å²) in [5.74, 6) is 0.419. The van der Waals surface area contributed by atoms with Crippen molar-refractivity contribution in [1.29, 1.82) is 0 Å². The summed E-state index contributed by atoms with van der Waals surface area (Å²) in [5, 5.41) is 0.0839. The monoisotopic (exact) mass is 326 g/mol. The van der Waals surface area contributed by atoms with Gasteiger partial charge in [-0.2, -0.15) is 0 Å². The lowest BCUT2D eigenvalue weighted by molar-refractivity contribution is 0.569. The van der Waals surface area contributed by atoms with E-state index >= 15 is 0 Å². The van der Waals surface area contributed by atoms with E-state index in [9.17, 15) is 8.42 Å². The van der Waals surface area contributed by atoms with Gasteiger partial charge < -0.3 is 0 Å². The third kappa shape index (κ3) is 4.20. The SMILES string of the molecule is CC(C)NS(=O)(=O)c1ccccc1Cc1ncnc(Cl)n1. The third-order valence-corrected chi connectivity index (χ3v) is 4.53. The topological polar surface area (TPSA) is 84.8 Å². The number of nitrogens with one attached hydrogen (secondary N) is 1. The van der Waals surface area contributed by atoms with Gasteiger partial charge in [-0.15, -0.1) is 0 Å². The fraction of sp³-hybridized carbons (Fsp3) is 0.308. The van der Waals surface area contributed by atoms with Gasteiger partial charge in [-0.25, -0.2) is 28.1 Å². The Morgan fingerprint density at radius 3 is 2.62 bits per heavy atom. The van der Waals surface area contributed by atoms with Crippen LogP contribution in [0.25, 0.3) is 0 Å². The molecule has 0 spiro atoms. The molecule has 0 saturated heterocycles. The van der Waals surface area contributed by atoms with Crippen LogP contribution < -0.4 is 4.72 Å². The molecule has 0 aliphatic heterocycles. The molecule has 8 heteroatoms. The molecule has 112 valence electrons. The minimum atomic E-state index is -3.57. The molecule has 2 aromatic rings. The summed E-state index contributed by atoms with van der Waals surface area (Å²) in [6.45, 7) is 3.54. The van der Waals surface area contributed by atoms with Crippen molar-refractivity contribution in [3.05, 3.63) is 47.3 Å². The highest BCUT2D eigenvalue weighted by atomic mass is 35.5. The van der Waals surface area contributed by atoms with Crippen molar-refractivity contribution in [2.45, 2.75) is 31.2 Å². The van der Waals surface area contributed by atoms with Gasteiger partial charge in [-0.05, 0) is 37.1 Å². The lowest BCUT2D eigenvalue weighted by Crippen LogP contribution is -2.31. The van der Waals surface area contributed by atoms with Crippen LogP contribution in [0.5, 0.6) is 0 Å². The quantitative estimate of drug-likeness (QED) is 0.905. The molecule has 0 unspecified atom stereocenters. The smallest absolute Gasteiger partial charge is 0.221 e. The van der Waals surface area contributed by atoms with Gasteiger partial charge in [0.05, 0.1) is 4.90 Å². The fourth-order valence-corrected chi connectivity index (χ4v) is 3.48. The minimum Gasteiger partial charge on any atom is -0.221 e. The summed E-state index contributed by atoms with van der Waals surface area (Å²) in [5.41, 5.74) is 0.605. The average Bonchev–Trinajstić information content (AvgIpc) is 2.37. The summed E-state index contributed by atoms with van der Waals surface area (Å²) >= 11 is 5.72. The zero-order valence-electron chi connectivity index (χ0n) is 11.6. The van der Waals surface area contributed by atoms with Crippen LogP contribution in [0, 0.1) is 0 Å². The van der Waals surface area contributed by atoms with Crippen LogP contribution in [0.1, 0.15) is 25.2 Å². The number of sulfonamides is 1. The van der Waals surface area contributed by atoms with Gasteiger partial charge in [0, 0.05) is 12.5 Å². The van der Waals surface area contributed by atoms with Gasteiger partial charge in [-0.3, -0.25) is 0 Å². The fourth-order valence-electron chi connectivity index (χ4n) is 1.85. The normalized spacial score (nSPS) is 11.8. The van der Waals surface area contributed by atoms with Crippen LogP contribution in [0.4, 0.5) is 0 Å². The zero-order chi connectivity index (χ0) is 15.5. The van der Waals surface area contributed by atoms with Gasteiger partial charge in [-0.1, -0.05) is 18.2 Å². The molecular formula is C13H15ClN4O2S. The summed E-state index contributed by atoms with van der Waals surface area (Å²) in [4.78, 5) is 11.9. The van der Waals surface area contributed by atoms with E-state index in [1.54, 1.807) is 38.1 Å².